The molecule has 0 spiro atoms. The van der Waals surface area contributed by atoms with E-state index in [0.29, 0.717) is 25.4 Å². The molecule has 1 saturated carbocycles. The zero-order chi connectivity index (χ0) is 15.5. The largest absolute Gasteiger partial charge is 0.416 e. The van der Waals surface area contributed by atoms with Crippen molar-refractivity contribution in [3.05, 3.63) is 22.8 Å². The summed E-state index contributed by atoms with van der Waals surface area (Å²) >= 11 is 5.57. The topological polar surface area (TPSA) is 54.0 Å². The minimum atomic E-state index is -4.47. The molecule has 1 aliphatic rings. The molecule has 0 radical (unpaired) electrons. The van der Waals surface area contributed by atoms with Crippen LogP contribution in [0.15, 0.2) is 12.1 Å². The molecule has 0 unspecified atom stereocenters. The molecule has 0 aromatic carbocycles. The first kappa shape index (κ1) is 15.9. The van der Waals surface area contributed by atoms with E-state index in [9.17, 15) is 18.0 Å². The van der Waals surface area contributed by atoms with E-state index < -0.39 is 11.7 Å². The molecule has 21 heavy (non-hydrogen) atoms. The van der Waals surface area contributed by atoms with Crippen LogP contribution in [0.2, 0.25) is 5.15 Å². The highest BCUT2D eigenvalue weighted by atomic mass is 35.5. The van der Waals surface area contributed by atoms with Gasteiger partial charge in [0, 0.05) is 19.0 Å². The summed E-state index contributed by atoms with van der Waals surface area (Å²) in [4.78, 5) is 15.2. The maximum Gasteiger partial charge on any atom is 0.416 e. The summed E-state index contributed by atoms with van der Waals surface area (Å²) in [6.45, 7) is 0.350. The Balaban J connectivity index is 1.79. The zero-order valence-electron chi connectivity index (χ0n) is 11.1. The second-order valence-corrected chi connectivity index (χ2v) is 5.32. The van der Waals surface area contributed by atoms with E-state index in [4.69, 9.17) is 11.6 Å². The van der Waals surface area contributed by atoms with Crippen LogP contribution in [0.3, 0.4) is 0 Å². The number of pyridine rings is 1. The molecule has 0 atom stereocenters. The molecule has 1 heterocycles. The van der Waals surface area contributed by atoms with Crippen LogP contribution >= 0.6 is 11.6 Å². The van der Waals surface area contributed by atoms with Crippen LogP contribution in [0.5, 0.6) is 0 Å². The Morgan fingerprint density at radius 2 is 2.10 bits per heavy atom. The predicted molar refractivity (Wildman–Crippen MR) is 73.1 cm³/mol. The second-order valence-electron chi connectivity index (χ2n) is 4.93. The minimum Gasteiger partial charge on any atom is -0.370 e. The number of rotatable bonds is 6. The minimum absolute atomic E-state index is 0.0330. The van der Waals surface area contributed by atoms with Gasteiger partial charge in [-0.3, -0.25) is 4.79 Å². The number of nitrogens with zero attached hydrogens (tertiary/aromatic N) is 1. The van der Waals surface area contributed by atoms with Crippen molar-refractivity contribution in [3.63, 3.8) is 0 Å². The SMILES string of the molecule is O=C(CCCNc1cc(C(F)(F)F)cc(Cl)n1)NC1CC1. The first-order valence-electron chi connectivity index (χ1n) is 6.62. The summed E-state index contributed by atoms with van der Waals surface area (Å²) < 4.78 is 37.8. The predicted octanol–water partition coefficient (Wildman–Crippen LogP) is 3.22. The molecule has 2 N–H and O–H groups in total. The van der Waals surface area contributed by atoms with Crippen molar-refractivity contribution in [2.75, 3.05) is 11.9 Å². The van der Waals surface area contributed by atoms with Crippen LogP contribution < -0.4 is 10.6 Å². The normalized spacial score (nSPS) is 14.9. The quantitative estimate of drug-likeness (QED) is 0.625. The van der Waals surface area contributed by atoms with Gasteiger partial charge in [-0.05, 0) is 31.4 Å². The lowest BCUT2D eigenvalue weighted by atomic mass is 10.2. The smallest absolute Gasteiger partial charge is 0.370 e. The van der Waals surface area contributed by atoms with Crippen molar-refractivity contribution in [1.29, 1.82) is 0 Å². The number of anilines is 1. The zero-order valence-corrected chi connectivity index (χ0v) is 11.9. The molecule has 0 bridgehead atoms. The third kappa shape index (κ3) is 5.41. The summed E-state index contributed by atoms with van der Waals surface area (Å²) in [6.07, 6.45) is -1.58. The average Bonchev–Trinajstić information content (AvgIpc) is 3.17. The van der Waals surface area contributed by atoms with Gasteiger partial charge in [0.15, 0.2) is 0 Å². The lowest BCUT2D eigenvalue weighted by molar-refractivity contribution is -0.137. The van der Waals surface area contributed by atoms with Gasteiger partial charge in [0.2, 0.25) is 5.91 Å². The Morgan fingerprint density at radius 1 is 1.38 bits per heavy atom. The Morgan fingerprint density at radius 3 is 2.71 bits per heavy atom. The molecule has 0 aliphatic heterocycles. The molecule has 1 aliphatic carbocycles. The fourth-order valence-corrected chi connectivity index (χ4v) is 1.95. The number of halogens is 4. The fourth-order valence-electron chi connectivity index (χ4n) is 1.74. The van der Waals surface area contributed by atoms with Crippen molar-refractivity contribution in [2.45, 2.75) is 37.9 Å². The van der Waals surface area contributed by atoms with Crippen LogP contribution in [-0.2, 0) is 11.0 Å². The number of aromatic nitrogens is 1. The van der Waals surface area contributed by atoms with Gasteiger partial charge in [-0.1, -0.05) is 11.6 Å². The van der Waals surface area contributed by atoms with Gasteiger partial charge in [-0.2, -0.15) is 13.2 Å². The molecular formula is C13H15ClF3N3O. The van der Waals surface area contributed by atoms with Crippen molar-refractivity contribution in [3.8, 4) is 0 Å². The average molecular weight is 322 g/mol. The molecule has 116 valence electrons. The number of hydrogen-bond acceptors (Lipinski definition) is 3. The number of carbonyl (C=O) groups is 1. The maximum absolute atomic E-state index is 12.6. The molecule has 2 rings (SSSR count). The molecule has 1 amide bonds. The monoisotopic (exact) mass is 321 g/mol. The van der Waals surface area contributed by atoms with Gasteiger partial charge in [-0.15, -0.1) is 0 Å². The maximum atomic E-state index is 12.6. The summed E-state index contributed by atoms with van der Waals surface area (Å²) in [5.41, 5.74) is -0.850. The van der Waals surface area contributed by atoms with E-state index in [1.54, 1.807) is 0 Å². The first-order valence-corrected chi connectivity index (χ1v) is 7.00. The fraction of sp³-hybridized carbons (Fsp3) is 0.538. The van der Waals surface area contributed by atoms with E-state index in [-0.39, 0.29) is 16.9 Å². The van der Waals surface area contributed by atoms with Crippen LogP contribution in [0.25, 0.3) is 0 Å². The molecule has 1 aromatic rings. The highest BCUT2D eigenvalue weighted by Gasteiger charge is 2.31. The number of hydrogen-bond donors (Lipinski definition) is 2. The van der Waals surface area contributed by atoms with E-state index in [0.717, 1.165) is 25.0 Å². The summed E-state index contributed by atoms with van der Waals surface area (Å²) in [7, 11) is 0. The molecule has 0 saturated heterocycles. The Labute approximate surface area is 125 Å². The highest BCUT2D eigenvalue weighted by Crippen LogP contribution is 2.31. The van der Waals surface area contributed by atoms with Gasteiger partial charge in [0.1, 0.15) is 11.0 Å². The van der Waals surface area contributed by atoms with Crippen LogP contribution in [0.4, 0.5) is 19.0 Å². The van der Waals surface area contributed by atoms with Crippen molar-refractivity contribution in [2.24, 2.45) is 0 Å². The number of amides is 1. The first-order chi connectivity index (χ1) is 9.84. The summed E-state index contributed by atoms with van der Waals surface area (Å²) in [5, 5.41) is 5.36. The van der Waals surface area contributed by atoms with Crippen LogP contribution in [0, 0.1) is 0 Å². The standard InChI is InChI=1S/C13H15ClF3N3O/c14-10-6-8(13(15,16)17)7-11(20-10)18-5-1-2-12(21)19-9-3-4-9/h6-7,9H,1-5H2,(H,18,20)(H,19,21). The van der Waals surface area contributed by atoms with Gasteiger partial charge < -0.3 is 10.6 Å². The lowest BCUT2D eigenvalue weighted by Crippen LogP contribution is -2.25. The molecule has 1 fully saturated rings. The van der Waals surface area contributed by atoms with Gasteiger partial charge in [0.25, 0.3) is 0 Å². The molecule has 1 aromatic heterocycles. The van der Waals surface area contributed by atoms with Gasteiger partial charge in [-0.25, -0.2) is 4.98 Å². The Bertz CT molecular complexity index is 518. The third-order valence-electron chi connectivity index (χ3n) is 2.95. The van der Waals surface area contributed by atoms with E-state index in [1.165, 1.54) is 0 Å². The number of carbonyl (C=O) groups excluding carboxylic acids is 1. The molecular weight excluding hydrogens is 307 g/mol. The Hall–Kier alpha value is -1.50. The van der Waals surface area contributed by atoms with Gasteiger partial charge >= 0.3 is 6.18 Å². The third-order valence-corrected chi connectivity index (χ3v) is 3.14. The van der Waals surface area contributed by atoms with Crippen LogP contribution in [0.1, 0.15) is 31.2 Å². The van der Waals surface area contributed by atoms with Gasteiger partial charge in [0.05, 0.1) is 5.56 Å². The molecule has 8 heteroatoms. The molecule has 4 nitrogen and oxygen atoms in total. The van der Waals surface area contributed by atoms with Crippen molar-refractivity contribution < 1.29 is 18.0 Å². The lowest BCUT2D eigenvalue weighted by Gasteiger charge is -2.10. The van der Waals surface area contributed by atoms with Crippen molar-refractivity contribution in [1.82, 2.24) is 10.3 Å². The van der Waals surface area contributed by atoms with E-state index in [2.05, 4.69) is 15.6 Å². The summed E-state index contributed by atoms with van der Waals surface area (Å²) in [6, 6.07) is 1.99. The van der Waals surface area contributed by atoms with E-state index >= 15 is 0 Å². The van der Waals surface area contributed by atoms with Crippen molar-refractivity contribution >= 4 is 23.3 Å². The second kappa shape index (κ2) is 6.51. The highest BCUT2D eigenvalue weighted by molar-refractivity contribution is 6.29. The number of nitrogens with one attached hydrogen (secondary N) is 2. The van der Waals surface area contributed by atoms with E-state index in [1.807, 2.05) is 0 Å². The van der Waals surface area contributed by atoms with Crippen LogP contribution in [-0.4, -0.2) is 23.5 Å². The number of alkyl halides is 3. The summed E-state index contributed by atoms with van der Waals surface area (Å²) in [5.74, 6) is 0.0201. The Kier molecular flexibility index (Phi) is 4.92.